The minimum Gasteiger partial charge on any atom is -0.395 e. The van der Waals surface area contributed by atoms with Crippen molar-refractivity contribution in [3.05, 3.63) is 22.8 Å². The van der Waals surface area contributed by atoms with Crippen molar-refractivity contribution in [1.82, 2.24) is 9.88 Å². The number of nitrogens with two attached hydrogens (primary N) is 1. The smallest absolute Gasteiger partial charge is 0.255 e. The number of aliphatic hydroxyl groups excluding tert-OH is 1. The largest absolute Gasteiger partial charge is 0.395 e. The standard InChI is InChI=1S/C11H17ClN4O2/c1-7(2)16(3-4-17)11(18)8-5-9(12)10(15-13)14-6-8/h5-7,17H,3-4,13H2,1-2H3,(H,14,15). The normalized spacial score (nSPS) is 10.6. The summed E-state index contributed by atoms with van der Waals surface area (Å²) >= 11 is 5.91. The average Bonchev–Trinajstić information content (AvgIpc) is 2.34. The number of carbonyl (C=O) groups excluding carboxylic acids is 1. The Bertz CT molecular complexity index is 426. The topological polar surface area (TPSA) is 91.5 Å². The van der Waals surface area contributed by atoms with E-state index in [2.05, 4.69) is 10.4 Å². The summed E-state index contributed by atoms with van der Waals surface area (Å²) in [6, 6.07) is 1.48. The van der Waals surface area contributed by atoms with E-state index in [1.807, 2.05) is 13.8 Å². The molecule has 1 heterocycles. The van der Waals surface area contributed by atoms with Gasteiger partial charge < -0.3 is 15.4 Å². The molecule has 1 aromatic rings. The Morgan fingerprint density at radius 1 is 1.67 bits per heavy atom. The van der Waals surface area contributed by atoms with Crippen LogP contribution in [-0.4, -0.2) is 40.1 Å². The van der Waals surface area contributed by atoms with Crippen LogP contribution in [0, 0.1) is 0 Å². The Kier molecular flexibility index (Phi) is 5.33. The molecule has 0 saturated carbocycles. The molecule has 0 aliphatic carbocycles. The molecule has 0 aliphatic heterocycles. The van der Waals surface area contributed by atoms with Crippen molar-refractivity contribution in [3.63, 3.8) is 0 Å². The number of halogens is 1. The zero-order valence-corrected chi connectivity index (χ0v) is 11.1. The number of nitrogen functional groups attached to an aromatic ring is 1. The number of amides is 1. The molecule has 0 fully saturated rings. The Balaban J connectivity index is 2.98. The average molecular weight is 273 g/mol. The van der Waals surface area contributed by atoms with E-state index in [1.165, 1.54) is 12.3 Å². The van der Waals surface area contributed by atoms with Gasteiger partial charge in [-0.2, -0.15) is 0 Å². The van der Waals surface area contributed by atoms with E-state index >= 15 is 0 Å². The number of hydrogen-bond acceptors (Lipinski definition) is 5. The molecule has 0 unspecified atom stereocenters. The van der Waals surface area contributed by atoms with E-state index in [-0.39, 0.29) is 30.1 Å². The third-order valence-electron chi connectivity index (χ3n) is 2.45. The van der Waals surface area contributed by atoms with Gasteiger partial charge in [-0.15, -0.1) is 0 Å². The highest BCUT2D eigenvalue weighted by Gasteiger charge is 2.19. The molecule has 1 amide bonds. The first-order valence-corrected chi connectivity index (χ1v) is 5.93. The molecule has 0 spiro atoms. The van der Waals surface area contributed by atoms with Gasteiger partial charge in [0.15, 0.2) is 5.82 Å². The van der Waals surface area contributed by atoms with Crippen LogP contribution in [0.25, 0.3) is 0 Å². The summed E-state index contributed by atoms with van der Waals surface area (Å²) in [5, 5.41) is 9.23. The van der Waals surface area contributed by atoms with Crippen molar-refractivity contribution in [3.8, 4) is 0 Å². The van der Waals surface area contributed by atoms with E-state index in [0.29, 0.717) is 11.4 Å². The summed E-state index contributed by atoms with van der Waals surface area (Å²) in [7, 11) is 0. The summed E-state index contributed by atoms with van der Waals surface area (Å²) in [4.78, 5) is 17.7. The Hall–Kier alpha value is -1.37. The molecule has 7 heteroatoms. The number of pyridine rings is 1. The van der Waals surface area contributed by atoms with Crippen LogP contribution in [0.3, 0.4) is 0 Å². The summed E-state index contributed by atoms with van der Waals surface area (Å²) in [6.45, 7) is 3.93. The van der Waals surface area contributed by atoms with E-state index in [9.17, 15) is 4.79 Å². The van der Waals surface area contributed by atoms with Crippen molar-refractivity contribution >= 4 is 23.3 Å². The first-order valence-electron chi connectivity index (χ1n) is 5.55. The van der Waals surface area contributed by atoms with Crippen LogP contribution in [0.4, 0.5) is 5.82 Å². The summed E-state index contributed by atoms with van der Waals surface area (Å²) in [5.74, 6) is 5.29. The minimum absolute atomic E-state index is 0.0178. The predicted octanol–water partition coefficient (Wildman–Crippen LogP) is 0.863. The number of nitrogens with zero attached hydrogens (tertiary/aromatic N) is 2. The second kappa shape index (κ2) is 6.53. The molecule has 0 radical (unpaired) electrons. The van der Waals surface area contributed by atoms with Gasteiger partial charge >= 0.3 is 0 Å². The Morgan fingerprint density at radius 3 is 2.78 bits per heavy atom. The quantitative estimate of drug-likeness (QED) is 0.546. The van der Waals surface area contributed by atoms with Gasteiger partial charge in [0.1, 0.15) is 0 Å². The number of aromatic nitrogens is 1. The van der Waals surface area contributed by atoms with E-state index in [1.54, 1.807) is 4.90 Å². The Morgan fingerprint density at radius 2 is 2.33 bits per heavy atom. The molecule has 0 bridgehead atoms. The molecule has 0 saturated heterocycles. The highest BCUT2D eigenvalue weighted by atomic mass is 35.5. The second-order valence-electron chi connectivity index (χ2n) is 4.01. The van der Waals surface area contributed by atoms with E-state index in [0.717, 1.165) is 0 Å². The van der Waals surface area contributed by atoms with E-state index in [4.69, 9.17) is 22.6 Å². The highest BCUT2D eigenvalue weighted by molar-refractivity contribution is 6.33. The fourth-order valence-corrected chi connectivity index (χ4v) is 1.75. The van der Waals surface area contributed by atoms with Crippen molar-refractivity contribution in [2.45, 2.75) is 19.9 Å². The first kappa shape index (κ1) is 14.7. The number of rotatable bonds is 5. The molecule has 0 atom stereocenters. The molecular formula is C11H17ClN4O2. The number of aliphatic hydroxyl groups is 1. The maximum Gasteiger partial charge on any atom is 0.255 e. The third-order valence-corrected chi connectivity index (χ3v) is 2.74. The molecule has 0 aromatic carbocycles. The van der Waals surface area contributed by atoms with E-state index < -0.39 is 0 Å². The Labute approximate surface area is 111 Å². The fourth-order valence-electron chi connectivity index (χ4n) is 1.53. The van der Waals surface area contributed by atoms with Gasteiger partial charge in [-0.3, -0.25) is 4.79 Å². The lowest BCUT2D eigenvalue weighted by Gasteiger charge is -2.26. The highest BCUT2D eigenvalue weighted by Crippen LogP contribution is 2.20. The predicted molar refractivity (Wildman–Crippen MR) is 70.3 cm³/mol. The maximum absolute atomic E-state index is 12.2. The molecular weight excluding hydrogens is 256 g/mol. The number of nitrogens with one attached hydrogen (secondary N) is 1. The van der Waals surface area contributed by atoms with Crippen molar-refractivity contribution in [2.24, 2.45) is 5.84 Å². The lowest BCUT2D eigenvalue weighted by atomic mass is 10.2. The van der Waals surface area contributed by atoms with Crippen LogP contribution in [0.1, 0.15) is 24.2 Å². The van der Waals surface area contributed by atoms with Gasteiger partial charge in [-0.25, -0.2) is 10.8 Å². The number of carbonyl (C=O) groups is 1. The summed E-state index contributed by atoms with van der Waals surface area (Å²) in [6.07, 6.45) is 1.40. The van der Waals surface area contributed by atoms with Crippen molar-refractivity contribution < 1.29 is 9.90 Å². The van der Waals surface area contributed by atoms with Crippen LogP contribution < -0.4 is 11.3 Å². The van der Waals surface area contributed by atoms with Gasteiger partial charge in [0.05, 0.1) is 17.2 Å². The molecule has 0 aliphatic rings. The van der Waals surface area contributed by atoms with Crippen LogP contribution in [0.15, 0.2) is 12.3 Å². The van der Waals surface area contributed by atoms with Gasteiger partial charge in [-0.05, 0) is 19.9 Å². The molecule has 1 aromatic heterocycles. The lowest BCUT2D eigenvalue weighted by Crippen LogP contribution is -2.39. The van der Waals surface area contributed by atoms with Crippen LogP contribution in [-0.2, 0) is 0 Å². The van der Waals surface area contributed by atoms with Crippen LogP contribution in [0.5, 0.6) is 0 Å². The number of hydrogen-bond donors (Lipinski definition) is 3. The zero-order chi connectivity index (χ0) is 13.7. The third kappa shape index (κ3) is 3.32. The maximum atomic E-state index is 12.2. The minimum atomic E-state index is -0.225. The van der Waals surface area contributed by atoms with Gasteiger partial charge in [-0.1, -0.05) is 11.6 Å². The summed E-state index contributed by atoms with van der Waals surface area (Å²) in [5.41, 5.74) is 2.69. The molecule has 4 N–H and O–H groups in total. The zero-order valence-electron chi connectivity index (χ0n) is 10.4. The van der Waals surface area contributed by atoms with Gasteiger partial charge in [0, 0.05) is 18.8 Å². The SMILES string of the molecule is CC(C)N(CCO)C(=O)c1cnc(NN)c(Cl)c1. The van der Waals surface area contributed by atoms with Crippen molar-refractivity contribution in [1.29, 1.82) is 0 Å². The number of hydrazine groups is 1. The number of anilines is 1. The lowest BCUT2D eigenvalue weighted by molar-refractivity contribution is 0.0665. The monoisotopic (exact) mass is 272 g/mol. The molecule has 6 nitrogen and oxygen atoms in total. The van der Waals surface area contributed by atoms with Crippen molar-refractivity contribution in [2.75, 3.05) is 18.6 Å². The summed E-state index contributed by atoms with van der Waals surface area (Å²) < 4.78 is 0. The van der Waals surface area contributed by atoms with Gasteiger partial charge in [0.2, 0.25) is 0 Å². The first-order chi connectivity index (χ1) is 8.51. The molecule has 1 rings (SSSR count). The second-order valence-corrected chi connectivity index (χ2v) is 4.42. The van der Waals surface area contributed by atoms with Crippen LogP contribution in [0.2, 0.25) is 5.02 Å². The molecule has 100 valence electrons. The fraction of sp³-hybridized carbons (Fsp3) is 0.455. The van der Waals surface area contributed by atoms with Crippen LogP contribution >= 0.6 is 11.6 Å². The molecule has 18 heavy (non-hydrogen) atoms. The van der Waals surface area contributed by atoms with Gasteiger partial charge in [0.25, 0.3) is 5.91 Å².